The molecule has 1 fully saturated rings. The van der Waals surface area contributed by atoms with Crippen molar-refractivity contribution in [3.63, 3.8) is 0 Å². The zero-order valence-corrected chi connectivity index (χ0v) is 17.1. The third kappa shape index (κ3) is 9.27. The van der Waals surface area contributed by atoms with E-state index in [9.17, 15) is 14.0 Å². The highest BCUT2D eigenvalue weighted by Gasteiger charge is 2.15. The second kappa shape index (κ2) is 14.2. The molecule has 0 radical (unpaired) electrons. The highest BCUT2D eigenvalue weighted by atomic mass is 19.1. The van der Waals surface area contributed by atoms with E-state index >= 15 is 0 Å². The number of amides is 2. The number of amidine groups is 1. The molecule has 0 aromatic heterocycles. The third-order valence-electron chi connectivity index (χ3n) is 4.71. The Morgan fingerprint density at radius 2 is 2.00 bits per heavy atom. The van der Waals surface area contributed by atoms with Gasteiger partial charge in [0.15, 0.2) is 0 Å². The van der Waals surface area contributed by atoms with Gasteiger partial charge in [-0.15, -0.1) is 0 Å². The average Bonchev–Trinajstić information content (AvgIpc) is 2.73. The molecule has 1 saturated carbocycles. The van der Waals surface area contributed by atoms with Gasteiger partial charge >= 0.3 is 0 Å². The maximum Gasteiger partial charge on any atom is 0.251 e. The molecule has 1 aliphatic carbocycles. The molecule has 0 unspecified atom stereocenters. The van der Waals surface area contributed by atoms with Gasteiger partial charge in [0.2, 0.25) is 6.41 Å². The summed E-state index contributed by atoms with van der Waals surface area (Å²) in [7, 11) is 0. The molecule has 2 N–H and O–H groups in total. The molecule has 29 heavy (non-hydrogen) atoms. The number of nitrogens with zero attached hydrogens (tertiary/aromatic N) is 3. The number of carbonyl (C=O) groups is 2. The highest BCUT2D eigenvalue weighted by Crippen LogP contribution is 2.26. The minimum absolute atomic E-state index is 0.0671. The van der Waals surface area contributed by atoms with E-state index in [2.05, 4.69) is 16.7 Å². The number of nitrogens with two attached hydrogens (primary N) is 1. The van der Waals surface area contributed by atoms with Crippen LogP contribution in [-0.4, -0.2) is 42.9 Å². The van der Waals surface area contributed by atoms with Crippen molar-refractivity contribution >= 4 is 24.9 Å². The second-order valence-electron chi connectivity index (χ2n) is 6.77. The van der Waals surface area contributed by atoms with Crippen molar-refractivity contribution in [2.45, 2.75) is 45.4 Å². The summed E-state index contributed by atoms with van der Waals surface area (Å²) in [6.45, 7) is 6.76. The van der Waals surface area contributed by atoms with Gasteiger partial charge in [0.25, 0.3) is 5.91 Å². The highest BCUT2D eigenvalue weighted by molar-refractivity contribution is 5.99. The van der Waals surface area contributed by atoms with Crippen molar-refractivity contribution in [3.05, 3.63) is 47.9 Å². The zero-order chi connectivity index (χ0) is 21.5. The molecule has 0 spiro atoms. The molecule has 158 valence electrons. The van der Waals surface area contributed by atoms with Crippen LogP contribution in [0.4, 0.5) is 4.39 Å². The molecule has 0 atom stereocenters. The molecule has 6 nitrogen and oxygen atoms in total. The molecule has 7 heteroatoms. The van der Waals surface area contributed by atoms with E-state index in [-0.39, 0.29) is 5.56 Å². The molecule has 0 bridgehead atoms. The zero-order valence-electron chi connectivity index (χ0n) is 17.1. The molecule has 2 amide bonds. The van der Waals surface area contributed by atoms with Gasteiger partial charge in [0.1, 0.15) is 11.7 Å². The van der Waals surface area contributed by atoms with Crippen molar-refractivity contribution in [2.75, 3.05) is 13.1 Å². The lowest BCUT2D eigenvalue weighted by molar-refractivity contribution is -0.115. The second-order valence-corrected chi connectivity index (χ2v) is 6.77. The molecule has 0 heterocycles. The topological polar surface area (TPSA) is 88.1 Å². The van der Waals surface area contributed by atoms with Gasteiger partial charge in [-0.1, -0.05) is 44.2 Å². The van der Waals surface area contributed by atoms with Gasteiger partial charge in [-0.05, 0) is 44.2 Å². The van der Waals surface area contributed by atoms with Crippen molar-refractivity contribution < 1.29 is 14.0 Å². The molecule has 1 aromatic rings. The molecule has 1 aromatic carbocycles. The Hall–Kier alpha value is -2.83. The van der Waals surface area contributed by atoms with Gasteiger partial charge in [-0.2, -0.15) is 0 Å². The summed E-state index contributed by atoms with van der Waals surface area (Å²) in [5.41, 5.74) is 4.77. The lowest BCUT2D eigenvalue weighted by Crippen LogP contribution is -2.31. The van der Waals surface area contributed by atoms with Crippen LogP contribution in [0, 0.1) is 11.7 Å². The number of benzene rings is 1. The summed E-state index contributed by atoms with van der Waals surface area (Å²) in [5, 5.41) is 0. The van der Waals surface area contributed by atoms with Gasteiger partial charge in [0.05, 0.1) is 5.56 Å². The number of aliphatic imine (C=N–C) groups is 2. The Bertz CT molecular complexity index is 713. The lowest BCUT2D eigenvalue weighted by atomic mass is 9.87. The van der Waals surface area contributed by atoms with Crippen molar-refractivity contribution in [2.24, 2.45) is 21.6 Å². The Morgan fingerprint density at radius 1 is 1.31 bits per heavy atom. The minimum Gasteiger partial charge on any atom is -0.366 e. The summed E-state index contributed by atoms with van der Waals surface area (Å²) in [4.78, 5) is 31.3. The van der Waals surface area contributed by atoms with Crippen LogP contribution in [0.15, 0.2) is 46.5 Å². The first-order valence-corrected chi connectivity index (χ1v) is 9.96. The predicted octanol–water partition coefficient (Wildman–Crippen LogP) is 3.97. The number of hydrogen-bond acceptors (Lipinski definition) is 4. The Labute approximate surface area is 172 Å². The van der Waals surface area contributed by atoms with E-state index in [4.69, 9.17) is 5.73 Å². The molecule has 2 rings (SSSR count). The fourth-order valence-electron chi connectivity index (χ4n) is 3.20. The standard InChI is InChI=1S/C15H25N3O.C7H6FNO/c1-3-17-15(9-11-16-2)18(13-19)12-10-14-7-5-4-6-8-14;8-6-4-2-1-3-5(6)7(9)10/h9,11,13-14H,2-8,10,12H2,1H3;1-4H,(H2,9,10)/b11-9-,17-15?;. The van der Waals surface area contributed by atoms with E-state index in [1.165, 1.54) is 50.3 Å². The van der Waals surface area contributed by atoms with Crippen LogP contribution in [0.5, 0.6) is 0 Å². The molecule has 1 aliphatic rings. The van der Waals surface area contributed by atoms with E-state index < -0.39 is 11.7 Å². The molecular formula is C22H31FN4O2. The summed E-state index contributed by atoms with van der Waals surface area (Å²) in [5.74, 6) is 0.134. The van der Waals surface area contributed by atoms with Crippen molar-refractivity contribution in [1.82, 2.24) is 4.90 Å². The van der Waals surface area contributed by atoms with Crippen LogP contribution < -0.4 is 5.73 Å². The molecule has 0 saturated heterocycles. The van der Waals surface area contributed by atoms with Crippen LogP contribution in [0.2, 0.25) is 0 Å². The number of carbonyl (C=O) groups excluding carboxylic acids is 2. The Morgan fingerprint density at radius 3 is 2.52 bits per heavy atom. The van der Waals surface area contributed by atoms with Gasteiger partial charge in [-0.3, -0.25) is 24.5 Å². The van der Waals surface area contributed by atoms with E-state index in [1.807, 2.05) is 6.92 Å². The Balaban J connectivity index is 0.000000352. The van der Waals surface area contributed by atoms with Crippen LogP contribution in [0.1, 0.15) is 55.8 Å². The summed E-state index contributed by atoms with van der Waals surface area (Å²) in [6.07, 6.45) is 11.9. The van der Waals surface area contributed by atoms with Crippen LogP contribution in [-0.2, 0) is 4.79 Å². The van der Waals surface area contributed by atoms with Gasteiger partial charge in [0, 0.05) is 19.3 Å². The van der Waals surface area contributed by atoms with Gasteiger partial charge < -0.3 is 5.73 Å². The predicted molar refractivity (Wildman–Crippen MR) is 116 cm³/mol. The number of primary amides is 1. The first kappa shape index (κ1) is 24.2. The maximum absolute atomic E-state index is 12.5. The Kier molecular flexibility index (Phi) is 11.9. The number of hydrogen-bond donors (Lipinski definition) is 1. The van der Waals surface area contributed by atoms with Crippen molar-refractivity contribution in [3.8, 4) is 0 Å². The maximum atomic E-state index is 12.5. The van der Waals surface area contributed by atoms with Gasteiger partial charge in [-0.25, -0.2) is 4.39 Å². The molecule has 0 aliphatic heterocycles. The van der Waals surface area contributed by atoms with E-state index in [0.717, 1.165) is 25.3 Å². The molecular weight excluding hydrogens is 371 g/mol. The van der Waals surface area contributed by atoms with Crippen LogP contribution in [0.25, 0.3) is 0 Å². The fraction of sp³-hybridized carbons (Fsp3) is 0.455. The summed E-state index contributed by atoms with van der Waals surface area (Å²) in [6, 6.07) is 5.60. The summed E-state index contributed by atoms with van der Waals surface area (Å²) < 4.78 is 12.5. The summed E-state index contributed by atoms with van der Waals surface area (Å²) >= 11 is 0. The number of rotatable bonds is 8. The van der Waals surface area contributed by atoms with Crippen LogP contribution in [0.3, 0.4) is 0 Å². The lowest BCUT2D eigenvalue weighted by Gasteiger charge is -2.24. The largest absolute Gasteiger partial charge is 0.366 e. The average molecular weight is 403 g/mol. The minimum atomic E-state index is -0.738. The van der Waals surface area contributed by atoms with E-state index in [0.29, 0.717) is 12.4 Å². The van der Waals surface area contributed by atoms with Crippen molar-refractivity contribution in [1.29, 1.82) is 0 Å². The normalized spacial score (nSPS) is 14.8. The van der Waals surface area contributed by atoms with Crippen LogP contribution >= 0.6 is 0 Å². The van der Waals surface area contributed by atoms with E-state index in [1.54, 1.807) is 23.2 Å². The first-order chi connectivity index (χ1) is 14.0. The third-order valence-corrected chi connectivity index (χ3v) is 4.71. The smallest absolute Gasteiger partial charge is 0.251 e. The number of halogens is 1. The quantitative estimate of drug-likeness (QED) is 0.405. The fourth-order valence-corrected chi connectivity index (χ4v) is 3.20. The first-order valence-electron chi connectivity index (χ1n) is 9.96. The SMILES string of the molecule is C=N/C=C\C(=NCC)N(C=O)CCC1CCCCC1.NC(=O)c1ccccc1F. The monoisotopic (exact) mass is 402 g/mol.